The highest BCUT2D eigenvalue weighted by molar-refractivity contribution is 7.31. The van der Waals surface area contributed by atoms with Gasteiger partial charge in [0.1, 0.15) is 0 Å². The second-order valence-corrected chi connectivity index (χ2v) is 4.24. The van der Waals surface area contributed by atoms with Gasteiger partial charge in [-0.1, -0.05) is 6.07 Å². The standard InChI is InChI=1S/C11H9O3P/c12-8(10-3-1-5-14-10)7-9(13)11-4-2-6-15-11/h1-6,15H,7H2. The number of carbonyl (C=O) groups excluding carboxylic acids is 2. The highest BCUT2D eigenvalue weighted by Crippen LogP contribution is 2.17. The number of ketones is 2. The van der Waals surface area contributed by atoms with Crippen molar-refractivity contribution in [3.05, 3.63) is 47.4 Å². The third kappa shape index (κ3) is 2.25. The molecule has 0 N–H and O–H groups in total. The molecule has 0 aromatic carbocycles. The van der Waals surface area contributed by atoms with Crippen LogP contribution in [0.2, 0.25) is 0 Å². The van der Waals surface area contributed by atoms with Crippen molar-refractivity contribution in [3.8, 4) is 0 Å². The van der Waals surface area contributed by atoms with Crippen molar-refractivity contribution < 1.29 is 14.0 Å². The van der Waals surface area contributed by atoms with Gasteiger partial charge < -0.3 is 4.42 Å². The number of hydrogen-bond donors (Lipinski definition) is 0. The number of Topliss-reactive ketones (excluding diaryl/α,β-unsaturated/α-hetero) is 2. The molecule has 0 saturated carbocycles. The van der Waals surface area contributed by atoms with Gasteiger partial charge in [0.05, 0.1) is 12.7 Å². The van der Waals surface area contributed by atoms with E-state index in [1.165, 1.54) is 6.26 Å². The molecule has 0 aliphatic carbocycles. The summed E-state index contributed by atoms with van der Waals surface area (Å²) >= 11 is 0. The van der Waals surface area contributed by atoms with Crippen LogP contribution in [0.25, 0.3) is 0 Å². The molecule has 0 aliphatic heterocycles. The first-order valence-corrected chi connectivity index (χ1v) is 5.58. The first-order valence-electron chi connectivity index (χ1n) is 4.50. The van der Waals surface area contributed by atoms with Crippen LogP contribution in [0.15, 0.2) is 40.7 Å². The maximum Gasteiger partial charge on any atom is 0.205 e. The Morgan fingerprint density at radius 1 is 1.20 bits per heavy atom. The van der Waals surface area contributed by atoms with E-state index in [9.17, 15) is 9.59 Å². The summed E-state index contributed by atoms with van der Waals surface area (Å²) in [6.07, 6.45) is 1.32. The maximum absolute atomic E-state index is 11.6. The Balaban J connectivity index is 2.04. The molecule has 1 atom stereocenters. The Bertz CT molecular complexity index is 410. The van der Waals surface area contributed by atoms with E-state index in [1.807, 2.05) is 11.9 Å². The number of furan rings is 1. The van der Waals surface area contributed by atoms with Crippen molar-refractivity contribution in [2.45, 2.75) is 6.42 Å². The quantitative estimate of drug-likeness (QED) is 0.587. The second-order valence-electron chi connectivity index (χ2n) is 3.08. The van der Waals surface area contributed by atoms with Crippen molar-refractivity contribution in [1.29, 1.82) is 0 Å². The molecule has 1 unspecified atom stereocenters. The van der Waals surface area contributed by atoms with Gasteiger partial charge in [0.25, 0.3) is 0 Å². The molecule has 0 spiro atoms. The zero-order valence-electron chi connectivity index (χ0n) is 7.90. The molecule has 0 aliphatic rings. The minimum atomic E-state index is -0.261. The van der Waals surface area contributed by atoms with Crippen LogP contribution in [-0.4, -0.2) is 11.6 Å². The van der Waals surface area contributed by atoms with Crippen LogP contribution < -0.4 is 0 Å². The van der Waals surface area contributed by atoms with Gasteiger partial charge in [-0.15, -0.1) is 8.19 Å². The molecule has 3 nitrogen and oxygen atoms in total. The van der Waals surface area contributed by atoms with E-state index in [2.05, 4.69) is 0 Å². The second kappa shape index (κ2) is 4.28. The van der Waals surface area contributed by atoms with Gasteiger partial charge in [-0.05, 0) is 24.0 Å². The zero-order valence-corrected chi connectivity index (χ0v) is 8.90. The topological polar surface area (TPSA) is 47.3 Å². The molecule has 15 heavy (non-hydrogen) atoms. The summed E-state index contributed by atoms with van der Waals surface area (Å²) in [5.74, 6) is 1.80. The molecule has 2 heterocycles. The van der Waals surface area contributed by atoms with E-state index in [4.69, 9.17) is 4.42 Å². The lowest BCUT2D eigenvalue weighted by molar-refractivity contribution is 0.0880. The van der Waals surface area contributed by atoms with E-state index >= 15 is 0 Å². The Morgan fingerprint density at radius 3 is 2.67 bits per heavy atom. The first kappa shape index (κ1) is 9.94. The molecular weight excluding hydrogens is 211 g/mol. The highest BCUT2D eigenvalue weighted by Gasteiger charge is 2.15. The van der Waals surface area contributed by atoms with E-state index in [0.717, 1.165) is 5.30 Å². The molecule has 0 bridgehead atoms. The van der Waals surface area contributed by atoms with Crippen LogP contribution in [0.1, 0.15) is 27.1 Å². The van der Waals surface area contributed by atoms with Crippen LogP contribution in [0.4, 0.5) is 0 Å². The predicted molar refractivity (Wildman–Crippen MR) is 57.9 cm³/mol. The average Bonchev–Trinajstić information content (AvgIpc) is 2.91. The van der Waals surface area contributed by atoms with Crippen molar-refractivity contribution in [2.75, 3.05) is 0 Å². The molecule has 0 fully saturated rings. The molecule has 0 amide bonds. The Kier molecular flexibility index (Phi) is 2.84. The average molecular weight is 220 g/mol. The lowest BCUT2D eigenvalue weighted by atomic mass is 10.1. The molecule has 4 heteroatoms. The molecular formula is C11H9O3P. The Labute approximate surface area is 88.2 Å². The van der Waals surface area contributed by atoms with Gasteiger partial charge >= 0.3 is 0 Å². The third-order valence-electron chi connectivity index (χ3n) is 2.02. The van der Waals surface area contributed by atoms with Crippen LogP contribution in [0.3, 0.4) is 0 Å². The summed E-state index contributed by atoms with van der Waals surface area (Å²) in [7, 11) is 0.393. The van der Waals surface area contributed by atoms with E-state index in [1.54, 1.807) is 18.2 Å². The molecule has 0 saturated heterocycles. The number of carbonyl (C=O) groups is 2. The molecule has 0 radical (unpaired) electrons. The number of rotatable bonds is 4. The van der Waals surface area contributed by atoms with Crippen LogP contribution in [0, 0.1) is 0 Å². The summed E-state index contributed by atoms with van der Waals surface area (Å²) in [6, 6.07) is 6.80. The summed E-state index contributed by atoms with van der Waals surface area (Å²) < 4.78 is 4.92. The van der Waals surface area contributed by atoms with Crippen molar-refractivity contribution in [2.24, 2.45) is 0 Å². The fourth-order valence-electron chi connectivity index (χ4n) is 1.27. The highest BCUT2D eigenvalue weighted by atomic mass is 31.0. The first-order chi connectivity index (χ1) is 7.27. The molecule has 76 valence electrons. The lowest BCUT2D eigenvalue weighted by Crippen LogP contribution is -2.06. The smallest absolute Gasteiger partial charge is 0.205 e. The normalized spacial score (nSPS) is 10.7. The van der Waals surface area contributed by atoms with Gasteiger partial charge in [0.15, 0.2) is 11.5 Å². The zero-order chi connectivity index (χ0) is 10.7. The summed E-state index contributed by atoms with van der Waals surface area (Å²) in [4.78, 5) is 23.1. The van der Waals surface area contributed by atoms with E-state index in [-0.39, 0.29) is 23.7 Å². The predicted octanol–water partition coefficient (Wildman–Crippen LogP) is 2.77. The van der Waals surface area contributed by atoms with Gasteiger partial charge in [0.2, 0.25) is 5.78 Å². The van der Waals surface area contributed by atoms with Gasteiger partial charge in [-0.2, -0.15) is 0 Å². The Hall–Kier alpha value is -1.60. The fourth-order valence-corrected chi connectivity index (χ4v) is 2.08. The monoisotopic (exact) mass is 220 g/mol. The Morgan fingerprint density at radius 2 is 2.07 bits per heavy atom. The summed E-state index contributed by atoms with van der Waals surface area (Å²) in [5, 5.41) is 0.718. The lowest BCUT2D eigenvalue weighted by Gasteiger charge is -1.95. The van der Waals surface area contributed by atoms with Crippen LogP contribution >= 0.6 is 8.19 Å². The maximum atomic E-state index is 11.6. The third-order valence-corrected chi connectivity index (χ3v) is 3.13. The molecule has 2 aromatic heterocycles. The van der Waals surface area contributed by atoms with Crippen molar-refractivity contribution in [1.82, 2.24) is 0 Å². The fraction of sp³-hybridized carbons (Fsp3) is 0.0909. The largest absolute Gasteiger partial charge is 0.461 e. The van der Waals surface area contributed by atoms with E-state index in [0.29, 0.717) is 8.19 Å². The summed E-state index contributed by atoms with van der Waals surface area (Å²) in [6.45, 7) is 0. The van der Waals surface area contributed by atoms with Gasteiger partial charge in [-0.25, -0.2) is 0 Å². The molecule has 2 rings (SSSR count). The number of hydrogen-bond acceptors (Lipinski definition) is 3. The SMILES string of the molecule is O=C(CC(=O)c1ccc[pH]1)c1ccco1. The van der Waals surface area contributed by atoms with E-state index < -0.39 is 0 Å². The minimum absolute atomic E-state index is 0.103. The van der Waals surface area contributed by atoms with Crippen LogP contribution in [-0.2, 0) is 0 Å². The van der Waals surface area contributed by atoms with Gasteiger partial charge in [0, 0.05) is 5.30 Å². The van der Waals surface area contributed by atoms with Gasteiger partial charge in [-0.3, -0.25) is 9.59 Å². The molecule has 2 aromatic rings. The van der Waals surface area contributed by atoms with Crippen molar-refractivity contribution >= 4 is 19.8 Å². The van der Waals surface area contributed by atoms with Crippen LogP contribution in [0.5, 0.6) is 0 Å². The minimum Gasteiger partial charge on any atom is -0.461 e. The van der Waals surface area contributed by atoms with Crippen molar-refractivity contribution in [3.63, 3.8) is 0 Å². The summed E-state index contributed by atoms with van der Waals surface area (Å²) in [5.41, 5.74) is 0.